The van der Waals surface area contributed by atoms with Crippen LogP contribution in [0.3, 0.4) is 0 Å². The maximum absolute atomic E-state index is 6.04. The van der Waals surface area contributed by atoms with Crippen LogP contribution in [-0.2, 0) is 9.47 Å². The Hall–Kier alpha value is -0.480. The van der Waals surface area contributed by atoms with E-state index in [-0.39, 0.29) is 11.8 Å². The quantitative estimate of drug-likeness (QED) is 0.498. The first-order chi connectivity index (χ1) is 9.93. The lowest BCUT2D eigenvalue weighted by Gasteiger charge is -2.33. The zero-order chi connectivity index (χ0) is 17.6. The summed E-state index contributed by atoms with van der Waals surface area (Å²) in [4.78, 5) is 0. The van der Waals surface area contributed by atoms with Crippen LogP contribution < -0.4 is 0 Å². The van der Waals surface area contributed by atoms with Crippen LogP contribution >= 0.6 is 0 Å². The summed E-state index contributed by atoms with van der Waals surface area (Å²) in [5, 5.41) is 9.15. The van der Waals surface area contributed by atoms with Crippen molar-refractivity contribution in [3.8, 4) is 0 Å². The van der Waals surface area contributed by atoms with E-state index in [1.54, 1.807) is 0 Å². The first-order valence-electron chi connectivity index (χ1n) is 8.65. The monoisotopic (exact) mass is 314 g/mol. The fraction of sp³-hybridized carbons (Fsp3) is 1.00. The molecule has 0 aromatic heterocycles. The smallest absolute Gasteiger partial charge is 0.178 e. The number of azo groups is 1. The Morgan fingerprint density at radius 3 is 1.09 bits per heavy atom. The van der Waals surface area contributed by atoms with Crippen molar-refractivity contribution in [1.29, 1.82) is 0 Å². The van der Waals surface area contributed by atoms with Crippen molar-refractivity contribution >= 4 is 0 Å². The second-order valence-corrected chi connectivity index (χ2v) is 8.03. The number of hydrogen-bond donors (Lipinski definition) is 0. The molecule has 4 heteroatoms. The molecule has 132 valence electrons. The van der Waals surface area contributed by atoms with E-state index in [0.717, 1.165) is 0 Å². The highest BCUT2D eigenvalue weighted by molar-refractivity contribution is 4.80. The number of hydrogen-bond acceptors (Lipinski definition) is 4. The van der Waals surface area contributed by atoms with Crippen molar-refractivity contribution in [2.24, 2.45) is 33.9 Å². The molecule has 22 heavy (non-hydrogen) atoms. The van der Waals surface area contributed by atoms with Crippen molar-refractivity contribution in [3.63, 3.8) is 0 Å². The summed E-state index contributed by atoms with van der Waals surface area (Å²) in [6.07, 6.45) is 0. The molecule has 0 saturated carbocycles. The van der Waals surface area contributed by atoms with E-state index in [1.165, 1.54) is 0 Å². The zero-order valence-electron chi connectivity index (χ0n) is 16.4. The third kappa shape index (κ3) is 7.19. The Kier molecular flexibility index (Phi) is 8.78. The molecular weight excluding hydrogens is 276 g/mol. The van der Waals surface area contributed by atoms with Crippen LogP contribution in [-0.4, -0.2) is 24.7 Å². The molecule has 0 saturated heterocycles. The first kappa shape index (κ1) is 21.5. The molecule has 0 spiro atoms. The van der Waals surface area contributed by atoms with Gasteiger partial charge in [0.15, 0.2) is 11.4 Å². The van der Waals surface area contributed by atoms with Crippen LogP contribution in [0.25, 0.3) is 0 Å². The van der Waals surface area contributed by atoms with E-state index in [0.29, 0.717) is 25.0 Å². The lowest BCUT2D eigenvalue weighted by Crippen LogP contribution is -2.37. The van der Waals surface area contributed by atoms with Crippen molar-refractivity contribution in [2.75, 3.05) is 13.2 Å². The molecule has 4 nitrogen and oxygen atoms in total. The highest BCUT2D eigenvalue weighted by Gasteiger charge is 2.34. The first-order valence-corrected chi connectivity index (χ1v) is 8.65. The van der Waals surface area contributed by atoms with Crippen LogP contribution in [0.15, 0.2) is 10.2 Å². The highest BCUT2D eigenvalue weighted by atomic mass is 16.5. The summed E-state index contributed by atoms with van der Waals surface area (Å²) in [5.41, 5.74) is -1.22. The largest absolute Gasteiger partial charge is 0.352 e. The maximum Gasteiger partial charge on any atom is 0.178 e. The van der Waals surface area contributed by atoms with E-state index in [2.05, 4.69) is 65.6 Å². The standard InChI is InChI=1S/C18H38N2O2/c1-13(2)11-21-17(9,15(5)6)19-20-18(10,16(7)8)22-12-14(3)4/h13-16H,11-12H2,1-10H3. The van der Waals surface area contributed by atoms with Crippen LogP contribution in [0, 0.1) is 23.7 Å². The summed E-state index contributed by atoms with van der Waals surface area (Å²) in [5.74, 6) is 1.44. The van der Waals surface area contributed by atoms with Crippen LogP contribution in [0.5, 0.6) is 0 Å². The third-order valence-corrected chi connectivity index (χ3v) is 4.01. The lowest BCUT2D eigenvalue weighted by molar-refractivity contribution is -0.101. The molecule has 0 aliphatic heterocycles. The van der Waals surface area contributed by atoms with Crippen LogP contribution in [0.4, 0.5) is 0 Å². The molecular formula is C18H38N2O2. The Bertz CT molecular complexity index is 308. The van der Waals surface area contributed by atoms with Gasteiger partial charge in [-0.3, -0.25) is 0 Å². The van der Waals surface area contributed by atoms with Gasteiger partial charge in [-0.15, -0.1) is 0 Å². The molecule has 0 radical (unpaired) electrons. The predicted octanol–water partition coefficient (Wildman–Crippen LogP) is 5.53. The topological polar surface area (TPSA) is 43.2 Å². The summed E-state index contributed by atoms with van der Waals surface area (Å²) < 4.78 is 12.1. The summed E-state index contributed by atoms with van der Waals surface area (Å²) in [7, 11) is 0. The average Bonchev–Trinajstić information content (AvgIpc) is 2.40. The normalized spacial score (nSPS) is 18.6. The van der Waals surface area contributed by atoms with E-state index < -0.39 is 11.4 Å². The van der Waals surface area contributed by atoms with Crippen molar-refractivity contribution in [1.82, 2.24) is 0 Å². The Balaban J connectivity index is 5.14. The molecule has 0 bridgehead atoms. The minimum absolute atomic E-state index is 0.247. The molecule has 2 atom stereocenters. The van der Waals surface area contributed by atoms with Crippen molar-refractivity contribution < 1.29 is 9.47 Å². The van der Waals surface area contributed by atoms with Gasteiger partial charge >= 0.3 is 0 Å². The van der Waals surface area contributed by atoms with Crippen LogP contribution in [0.1, 0.15) is 69.2 Å². The Labute approximate surface area is 138 Å². The summed E-state index contributed by atoms with van der Waals surface area (Å²) in [6, 6.07) is 0. The maximum atomic E-state index is 6.04. The minimum Gasteiger partial charge on any atom is -0.352 e. The zero-order valence-corrected chi connectivity index (χ0v) is 16.4. The van der Waals surface area contributed by atoms with Gasteiger partial charge in [0.05, 0.1) is 13.2 Å². The van der Waals surface area contributed by atoms with Gasteiger partial charge in [0.25, 0.3) is 0 Å². The van der Waals surface area contributed by atoms with Crippen molar-refractivity contribution in [3.05, 3.63) is 0 Å². The van der Waals surface area contributed by atoms with Gasteiger partial charge in [-0.2, -0.15) is 10.2 Å². The van der Waals surface area contributed by atoms with Gasteiger partial charge in [-0.25, -0.2) is 0 Å². The molecule has 0 aromatic rings. The van der Waals surface area contributed by atoms with Crippen molar-refractivity contribution in [2.45, 2.75) is 80.7 Å². The van der Waals surface area contributed by atoms with E-state index in [4.69, 9.17) is 9.47 Å². The van der Waals surface area contributed by atoms with Gasteiger partial charge < -0.3 is 9.47 Å². The molecule has 0 heterocycles. The SMILES string of the molecule is CC(C)COC(C)(N=NC(C)(OCC(C)C)C(C)C)C(C)C. The molecule has 0 rings (SSSR count). The van der Waals surface area contributed by atoms with E-state index in [1.807, 2.05) is 13.8 Å². The fourth-order valence-electron chi connectivity index (χ4n) is 1.49. The fourth-order valence-corrected chi connectivity index (χ4v) is 1.49. The molecule has 0 amide bonds. The molecule has 0 aliphatic carbocycles. The molecule has 0 fully saturated rings. The highest BCUT2D eigenvalue weighted by Crippen LogP contribution is 2.30. The van der Waals surface area contributed by atoms with Crippen LogP contribution in [0.2, 0.25) is 0 Å². The van der Waals surface area contributed by atoms with E-state index >= 15 is 0 Å². The predicted molar refractivity (Wildman–Crippen MR) is 92.9 cm³/mol. The van der Waals surface area contributed by atoms with Gasteiger partial charge in [-0.1, -0.05) is 55.4 Å². The molecule has 2 unspecified atom stereocenters. The van der Waals surface area contributed by atoms with Gasteiger partial charge in [0, 0.05) is 11.8 Å². The minimum atomic E-state index is -0.610. The second kappa shape index (κ2) is 8.97. The third-order valence-electron chi connectivity index (χ3n) is 4.01. The second-order valence-electron chi connectivity index (χ2n) is 8.03. The Morgan fingerprint density at radius 1 is 0.636 bits per heavy atom. The molecule has 0 aliphatic rings. The summed E-state index contributed by atoms with van der Waals surface area (Å²) >= 11 is 0. The number of ether oxygens (including phenoxy) is 2. The van der Waals surface area contributed by atoms with Gasteiger partial charge in [0.1, 0.15) is 0 Å². The molecule has 0 N–H and O–H groups in total. The van der Waals surface area contributed by atoms with Gasteiger partial charge in [0.2, 0.25) is 0 Å². The average molecular weight is 315 g/mol. The number of rotatable bonds is 10. The van der Waals surface area contributed by atoms with Gasteiger partial charge in [-0.05, 0) is 25.7 Å². The molecule has 0 aromatic carbocycles. The number of nitrogens with zero attached hydrogens (tertiary/aromatic N) is 2. The lowest BCUT2D eigenvalue weighted by atomic mass is 10.0. The Morgan fingerprint density at radius 2 is 0.909 bits per heavy atom. The van der Waals surface area contributed by atoms with E-state index in [9.17, 15) is 0 Å². The summed E-state index contributed by atoms with van der Waals surface area (Å²) in [6.45, 7) is 22.4.